The summed E-state index contributed by atoms with van der Waals surface area (Å²) in [5.74, 6) is 0.331. The molecule has 0 atom stereocenters. The van der Waals surface area contributed by atoms with Crippen molar-refractivity contribution in [2.45, 2.75) is 25.7 Å². The molecular formula is C17H20N2O2. The van der Waals surface area contributed by atoms with Crippen LogP contribution in [-0.2, 0) is 17.6 Å². The van der Waals surface area contributed by atoms with Gasteiger partial charge in [-0.3, -0.25) is 9.78 Å². The lowest BCUT2D eigenvalue weighted by Crippen LogP contribution is -2.25. The number of carbonyl (C=O) groups excluding carboxylic acids is 1. The Balaban J connectivity index is 1.63. The highest BCUT2D eigenvalue weighted by Gasteiger charge is 2.03. The maximum absolute atomic E-state index is 11.7. The van der Waals surface area contributed by atoms with E-state index in [1.807, 2.05) is 30.5 Å². The summed E-state index contributed by atoms with van der Waals surface area (Å²) >= 11 is 0. The number of hydrogen-bond acceptors (Lipinski definition) is 3. The number of aromatic nitrogens is 1. The van der Waals surface area contributed by atoms with Gasteiger partial charge in [-0.1, -0.05) is 24.3 Å². The molecule has 0 radical (unpaired) electrons. The maximum atomic E-state index is 11.7. The van der Waals surface area contributed by atoms with Crippen molar-refractivity contribution >= 4 is 5.91 Å². The van der Waals surface area contributed by atoms with Crippen molar-refractivity contribution in [1.29, 1.82) is 0 Å². The van der Waals surface area contributed by atoms with E-state index in [0.717, 1.165) is 24.0 Å². The van der Waals surface area contributed by atoms with Crippen LogP contribution in [-0.4, -0.2) is 22.5 Å². The molecule has 1 heterocycles. The van der Waals surface area contributed by atoms with Gasteiger partial charge in [0.1, 0.15) is 5.75 Å². The van der Waals surface area contributed by atoms with Crippen LogP contribution in [0.1, 0.15) is 24.0 Å². The number of para-hydroxylation sites is 1. The Morgan fingerprint density at radius 1 is 1.14 bits per heavy atom. The second-order valence-corrected chi connectivity index (χ2v) is 4.94. The Morgan fingerprint density at radius 2 is 2.00 bits per heavy atom. The zero-order chi connectivity index (χ0) is 14.9. The van der Waals surface area contributed by atoms with Crippen molar-refractivity contribution < 1.29 is 9.90 Å². The van der Waals surface area contributed by atoms with Crippen molar-refractivity contribution in [3.63, 3.8) is 0 Å². The highest BCUT2D eigenvalue weighted by atomic mass is 16.3. The first kappa shape index (κ1) is 15.0. The number of hydrogen-bond donors (Lipinski definition) is 2. The molecule has 110 valence electrons. The molecule has 1 aromatic carbocycles. The van der Waals surface area contributed by atoms with Gasteiger partial charge in [-0.2, -0.15) is 0 Å². The second-order valence-electron chi connectivity index (χ2n) is 4.94. The van der Waals surface area contributed by atoms with Crippen molar-refractivity contribution in [3.8, 4) is 5.75 Å². The van der Waals surface area contributed by atoms with E-state index in [2.05, 4.69) is 10.3 Å². The molecule has 0 aliphatic carbocycles. The summed E-state index contributed by atoms with van der Waals surface area (Å²) in [4.78, 5) is 15.8. The van der Waals surface area contributed by atoms with E-state index >= 15 is 0 Å². The number of phenols is 1. The molecule has 4 heteroatoms. The molecule has 0 saturated heterocycles. The van der Waals surface area contributed by atoms with Gasteiger partial charge in [0.15, 0.2) is 0 Å². The zero-order valence-electron chi connectivity index (χ0n) is 12.0. The Labute approximate surface area is 124 Å². The Hall–Kier alpha value is -2.36. The molecule has 0 spiro atoms. The van der Waals surface area contributed by atoms with Crippen LogP contribution in [0.25, 0.3) is 0 Å². The largest absolute Gasteiger partial charge is 0.508 e. The molecule has 4 nitrogen and oxygen atoms in total. The number of benzene rings is 1. The predicted molar refractivity (Wildman–Crippen MR) is 82.0 cm³/mol. The summed E-state index contributed by atoms with van der Waals surface area (Å²) in [5.41, 5.74) is 2.01. The topological polar surface area (TPSA) is 62.2 Å². The van der Waals surface area contributed by atoms with Crippen LogP contribution < -0.4 is 5.32 Å². The van der Waals surface area contributed by atoms with Gasteiger partial charge >= 0.3 is 0 Å². The Bertz CT molecular complexity index is 570. The molecule has 2 aromatic rings. The third-order valence-electron chi connectivity index (χ3n) is 3.30. The third-order valence-corrected chi connectivity index (χ3v) is 3.30. The number of aromatic hydroxyl groups is 1. The van der Waals surface area contributed by atoms with Gasteiger partial charge < -0.3 is 10.4 Å². The SMILES string of the molecule is O=C(CCCc1cccnc1)NCCc1ccccc1O. The van der Waals surface area contributed by atoms with Crippen LogP contribution in [0.15, 0.2) is 48.8 Å². The number of nitrogens with zero attached hydrogens (tertiary/aromatic N) is 1. The van der Waals surface area contributed by atoms with Gasteiger partial charge in [0.05, 0.1) is 0 Å². The number of pyridine rings is 1. The minimum absolute atomic E-state index is 0.0503. The molecule has 0 bridgehead atoms. The molecule has 0 saturated carbocycles. The van der Waals surface area contributed by atoms with Crippen LogP contribution in [0.2, 0.25) is 0 Å². The number of aryl methyl sites for hydroxylation is 1. The first-order chi connectivity index (χ1) is 10.3. The smallest absolute Gasteiger partial charge is 0.220 e. The van der Waals surface area contributed by atoms with Crippen LogP contribution in [0, 0.1) is 0 Å². The Morgan fingerprint density at radius 3 is 2.76 bits per heavy atom. The summed E-state index contributed by atoms with van der Waals surface area (Å²) in [6.45, 7) is 0.545. The highest BCUT2D eigenvalue weighted by molar-refractivity contribution is 5.75. The maximum Gasteiger partial charge on any atom is 0.220 e. The van der Waals surface area contributed by atoms with Crippen molar-refractivity contribution in [2.24, 2.45) is 0 Å². The summed E-state index contributed by atoms with van der Waals surface area (Å²) < 4.78 is 0. The standard InChI is InChI=1S/C17H20N2O2/c20-16-8-2-1-7-15(16)10-12-19-17(21)9-3-5-14-6-4-11-18-13-14/h1-2,4,6-8,11,13,20H,3,5,9-10,12H2,(H,19,21). The molecule has 1 amide bonds. The van der Waals surface area contributed by atoms with Gasteiger partial charge in [-0.25, -0.2) is 0 Å². The lowest BCUT2D eigenvalue weighted by Gasteiger charge is -2.06. The van der Waals surface area contributed by atoms with E-state index in [-0.39, 0.29) is 11.7 Å². The molecule has 0 unspecified atom stereocenters. The first-order valence-corrected chi connectivity index (χ1v) is 7.18. The number of amides is 1. The lowest BCUT2D eigenvalue weighted by molar-refractivity contribution is -0.121. The van der Waals surface area contributed by atoms with Gasteiger partial charge in [-0.05, 0) is 42.5 Å². The second kappa shape index (κ2) is 8.04. The van der Waals surface area contributed by atoms with Gasteiger partial charge in [0.25, 0.3) is 0 Å². The zero-order valence-corrected chi connectivity index (χ0v) is 12.0. The molecule has 0 aliphatic rings. The summed E-state index contributed by atoms with van der Waals surface area (Å²) in [6, 6.07) is 11.1. The fourth-order valence-corrected chi connectivity index (χ4v) is 2.15. The normalized spacial score (nSPS) is 10.3. The van der Waals surface area contributed by atoms with E-state index < -0.39 is 0 Å². The van der Waals surface area contributed by atoms with E-state index in [0.29, 0.717) is 19.4 Å². The van der Waals surface area contributed by atoms with E-state index in [4.69, 9.17) is 0 Å². The fraction of sp³-hybridized carbons (Fsp3) is 0.294. The van der Waals surface area contributed by atoms with Gasteiger partial charge in [0, 0.05) is 25.4 Å². The van der Waals surface area contributed by atoms with E-state index in [1.54, 1.807) is 18.3 Å². The molecule has 0 aliphatic heterocycles. The third kappa shape index (κ3) is 5.26. The summed E-state index contributed by atoms with van der Waals surface area (Å²) in [6.07, 6.45) is 6.40. The number of phenolic OH excluding ortho intramolecular Hbond substituents is 1. The van der Waals surface area contributed by atoms with E-state index in [9.17, 15) is 9.90 Å². The monoisotopic (exact) mass is 284 g/mol. The van der Waals surface area contributed by atoms with Crippen molar-refractivity contribution in [1.82, 2.24) is 10.3 Å². The minimum atomic E-state index is 0.0503. The fourth-order valence-electron chi connectivity index (χ4n) is 2.15. The van der Waals surface area contributed by atoms with Crippen LogP contribution >= 0.6 is 0 Å². The van der Waals surface area contributed by atoms with Crippen molar-refractivity contribution in [2.75, 3.05) is 6.54 Å². The number of nitrogens with one attached hydrogen (secondary N) is 1. The van der Waals surface area contributed by atoms with E-state index in [1.165, 1.54) is 0 Å². The molecule has 2 N–H and O–H groups in total. The Kier molecular flexibility index (Phi) is 5.76. The lowest BCUT2D eigenvalue weighted by atomic mass is 10.1. The van der Waals surface area contributed by atoms with Gasteiger partial charge in [0.2, 0.25) is 5.91 Å². The molecular weight excluding hydrogens is 264 g/mol. The minimum Gasteiger partial charge on any atom is -0.508 e. The quantitative estimate of drug-likeness (QED) is 0.821. The average Bonchev–Trinajstić information content (AvgIpc) is 2.50. The van der Waals surface area contributed by atoms with Gasteiger partial charge in [-0.15, -0.1) is 0 Å². The van der Waals surface area contributed by atoms with Crippen LogP contribution in [0.3, 0.4) is 0 Å². The summed E-state index contributed by atoms with van der Waals surface area (Å²) in [5, 5.41) is 12.5. The van der Waals surface area contributed by atoms with Crippen molar-refractivity contribution in [3.05, 3.63) is 59.9 Å². The average molecular weight is 284 g/mol. The van der Waals surface area contributed by atoms with Crippen LogP contribution in [0.5, 0.6) is 5.75 Å². The number of rotatable bonds is 7. The number of carbonyl (C=O) groups is 1. The first-order valence-electron chi connectivity index (χ1n) is 7.18. The molecule has 1 aromatic heterocycles. The predicted octanol–water partition coefficient (Wildman–Crippen LogP) is 2.47. The highest BCUT2D eigenvalue weighted by Crippen LogP contribution is 2.15. The molecule has 0 fully saturated rings. The molecule has 21 heavy (non-hydrogen) atoms. The molecule has 2 rings (SSSR count). The summed E-state index contributed by atoms with van der Waals surface area (Å²) in [7, 11) is 0. The van der Waals surface area contributed by atoms with Crippen LogP contribution in [0.4, 0.5) is 0 Å².